The molecule has 5 heteroatoms. The van der Waals surface area contributed by atoms with Gasteiger partial charge in [-0.25, -0.2) is 4.79 Å². The Morgan fingerprint density at radius 2 is 1.77 bits per heavy atom. The van der Waals surface area contributed by atoms with Gasteiger partial charge in [-0.15, -0.1) is 0 Å². The molecule has 1 rings (SSSR count). The number of rotatable bonds is 0. The van der Waals surface area contributed by atoms with Crippen LogP contribution in [0.5, 0.6) is 0 Å². The molecule has 5 nitrogen and oxygen atoms in total. The minimum atomic E-state index is -1.67. The summed E-state index contributed by atoms with van der Waals surface area (Å²) in [4.78, 5) is 10.9. The molecule has 0 aliphatic carbocycles. The summed E-state index contributed by atoms with van der Waals surface area (Å²) in [6.45, 7) is 3.27. The van der Waals surface area contributed by atoms with Crippen LogP contribution in [0.3, 0.4) is 0 Å². The van der Waals surface area contributed by atoms with Gasteiger partial charge < -0.3 is 20.1 Å². The standard InChI is InChI=1S/C8H12O5/c1-3(2)7-5(10)4(9)6(11)8(12)13-7/h4-6,9-11H,1-2H3/t4-,5+,6-/m1/s1. The summed E-state index contributed by atoms with van der Waals surface area (Å²) in [6.07, 6.45) is -4.51. The lowest BCUT2D eigenvalue weighted by Crippen LogP contribution is -2.49. The third kappa shape index (κ3) is 1.72. The zero-order valence-electron chi connectivity index (χ0n) is 7.39. The van der Waals surface area contributed by atoms with Crippen molar-refractivity contribution in [2.75, 3.05) is 0 Å². The van der Waals surface area contributed by atoms with Gasteiger partial charge in [-0.05, 0) is 19.4 Å². The number of cyclic esters (lactones) is 1. The third-order valence-corrected chi connectivity index (χ3v) is 1.86. The largest absolute Gasteiger partial charge is 0.426 e. The topological polar surface area (TPSA) is 87.0 Å². The lowest BCUT2D eigenvalue weighted by Gasteiger charge is -2.29. The highest BCUT2D eigenvalue weighted by Gasteiger charge is 2.40. The number of esters is 1. The van der Waals surface area contributed by atoms with Crippen LogP contribution in [0.2, 0.25) is 0 Å². The fourth-order valence-electron chi connectivity index (χ4n) is 1.09. The van der Waals surface area contributed by atoms with Gasteiger partial charge in [-0.2, -0.15) is 0 Å². The van der Waals surface area contributed by atoms with E-state index in [2.05, 4.69) is 4.74 Å². The number of carbonyl (C=O) groups excluding carboxylic acids is 1. The quantitative estimate of drug-likeness (QED) is 0.421. The smallest absolute Gasteiger partial charge is 0.342 e. The summed E-state index contributed by atoms with van der Waals surface area (Å²) >= 11 is 0. The van der Waals surface area contributed by atoms with Crippen LogP contribution < -0.4 is 0 Å². The number of ether oxygens (including phenoxy) is 1. The number of hydrogen-bond donors (Lipinski definition) is 3. The molecule has 1 saturated heterocycles. The Bertz CT molecular complexity index is 253. The van der Waals surface area contributed by atoms with Gasteiger partial charge >= 0.3 is 5.97 Å². The molecule has 0 bridgehead atoms. The maximum atomic E-state index is 10.9. The number of hydrogen-bond acceptors (Lipinski definition) is 5. The van der Waals surface area contributed by atoms with Crippen molar-refractivity contribution in [3.05, 3.63) is 11.3 Å². The van der Waals surface area contributed by atoms with E-state index in [9.17, 15) is 15.0 Å². The van der Waals surface area contributed by atoms with E-state index in [4.69, 9.17) is 5.11 Å². The van der Waals surface area contributed by atoms with E-state index in [0.29, 0.717) is 5.57 Å². The van der Waals surface area contributed by atoms with Gasteiger partial charge in [0.05, 0.1) is 0 Å². The predicted octanol–water partition coefficient (Wildman–Crippen LogP) is -1.08. The second-order valence-electron chi connectivity index (χ2n) is 3.17. The second-order valence-corrected chi connectivity index (χ2v) is 3.17. The monoisotopic (exact) mass is 188 g/mol. The van der Waals surface area contributed by atoms with Crippen LogP contribution in [0.1, 0.15) is 13.8 Å². The molecule has 1 heterocycles. The average molecular weight is 188 g/mol. The van der Waals surface area contributed by atoms with Crippen molar-refractivity contribution in [2.45, 2.75) is 32.2 Å². The molecule has 1 aliphatic heterocycles. The minimum Gasteiger partial charge on any atom is -0.426 e. The van der Waals surface area contributed by atoms with E-state index in [1.165, 1.54) is 0 Å². The molecule has 1 aliphatic rings. The zero-order chi connectivity index (χ0) is 10.2. The molecule has 3 atom stereocenters. The average Bonchev–Trinajstić information content (AvgIpc) is 2.07. The Kier molecular flexibility index (Phi) is 2.70. The van der Waals surface area contributed by atoms with Crippen LogP contribution in [0.25, 0.3) is 0 Å². The van der Waals surface area contributed by atoms with Crippen LogP contribution in [-0.2, 0) is 9.53 Å². The molecular weight excluding hydrogens is 176 g/mol. The van der Waals surface area contributed by atoms with E-state index in [1.54, 1.807) is 13.8 Å². The molecule has 3 N–H and O–H groups in total. The van der Waals surface area contributed by atoms with Gasteiger partial charge in [0.1, 0.15) is 18.0 Å². The van der Waals surface area contributed by atoms with Crippen molar-refractivity contribution in [1.82, 2.24) is 0 Å². The van der Waals surface area contributed by atoms with Crippen LogP contribution in [0, 0.1) is 0 Å². The molecule has 0 aromatic rings. The molecule has 0 unspecified atom stereocenters. The third-order valence-electron chi connectivity index (χ3n) is 1.86. The molecule has 1 fully saturated rings. The van der Waals surface area contributed by atoms with Crippen LogP contribution in [0.4, 0.5) is 0 Å². The summed E-state index contributed by atoms with van der Waals surface area (Å²) in [5.74, 6) is -0.920. The molecule has 13 heavy (non-hydrogen) atoms. The van der Waals surface area contributed by atoms with E-state index in [1.807, 2.05) is 0 Å². The molecule has 0 saturated carbocycles. The van der Waals surface area contributed by atoms with Gasteiger partial charge in [0.25, 0.3) is 0 Å². The fourth-order valence-corrected chi connectivity index (χ4v) is 1.09. The molecule has 0 amide bonds. The fraction of sp³-hybridized carbons (Fsp3) is 0.625. The maximum absolute atomic E-state index is 10.9. The zero-order valence-corrected chi connectivity index (χ0v) is 7.39. The van der Waals surface area contributed by atoms with Crippen LogP contribution >= 0.6 is 0 Å². The number of aliphatic hydroxyl groups is 3. The highest BCUT2D eigenvalue weighted by Crippen LogP contribution is 2.22. The van der Waals surface area contributed by atoms with E-state index in [0.717, 1.165) is 0 Å². The molecular formula is C8H12O5. The Morgan fingerprint density at radius 1 is 1.23 bits per heavy atom. The summed E-state index contributed by atoms with van der Waals surface area (Å²) in [5, 5.41) is 27.6. The Morgan fingerprint density at radius 3 is 2.23 bits per heavy atom. The van der Waals surface area contributed by atoms with Crippen LogP contribution in [-0.4, -0.2) is 39.6 Å². The SMILES string of the molecule is CC(C)=C1OC(=O)[C@H](O)[C@H](O)[C@@H]1O. The number of aliphatic hydroxyl groups excluding tert-OH is 3. The summed E-state index contributed by atoms with van der Waals surface area (Å²) in [6, 6.07) is 0. The molecule has 0 aromatic heterocycles. The highest BCUT2D eigenvalue weighted by atomic mass is 16.6. The van der Waals surface area contributed by atoms with Gasteiger partial charge in [0.15, 0.2) is 6.10 Å². The molecule has 0 radical (unpaired) electrons. The summed E-state index contributed by atoms with van der Waals surface area (Å²) in [7, 11) is 0. The highest BCUT2D eigenvalue weighted by molar-refractivity contribution is 5.78. The normalized spacial score (nSPS) is 34.4. The van der Waals surface area contributed by atoms with Crippen molar-refractivity contribution < 1.29 is 24.9 Å². The first-order valence-corrected chi connectivity index (χ1v) is 3.88. The van der Waals surface area contributed by atoms with Crippen molar-refractivity contribution in [3.63, 3.8) is 0 Å². The molecule has 0 spiro atoms. The van der Waals surface area contributed by atoms with Crippen LogP contribution in [0.15, 0.2) is 11.3 Å². The first kappa shape index (κ1) is 10.2. The van der Waals surface area contributed by atoms with Crippen molar-refractivity contribution in [2.24, 2.45) is 0 Å². The molecule has 74 valence electrons. The van der Waals surface area contributed by atoms with E-state index in [-0.39, 0.29) is 5.76 Å². The molecule has 0 aromatic carbocycles. The maximum Gasteiger partial charge on any atom is 0.342 e. The van der Waals surface area contributed by atoms with Crippen molar-refractivity contribution in [3.8, 4) is 0 Å². The van der Waals surface area contributed by atoms with E-state index < -0.39 is 24.3 Å². The minimum absolute atomic E-state index is 0.0165. The second kappa shape index (κ2) is 3.45. The van der Waals surface area contributed by atoms with Crippen molar-refractivity contribution >= 4 is 5.97 Å². The predicted molar refractivity (Wildman–Crippen MR) is 42.5 cm³/mol. The Balaban J connectivity index is 2.96. The Labute approximate surface area is 75.3 Å². The summed E-state index contributed by atoms with van der Waals surface area (Å²) < 4.78 is 4.62. The van der Waals surface area contributed by atoms with E-state index >= 15 is 0 Å². The van der Waals surface area contributed by atoms with Gasteiger partial charge in [0.2, 0.25) is 0 Å². The first-order chi connectivity index (χ1) is 5.95. The Hall–Kier alpha value is -0.910. The van der Waals surface area contributed by atoms with Gasteiger partial charge in [0, 0.05) is 0 Å². The summed E-state index contributed by atoms with van der Waals surface area (Å²) in [5.41, 5.74) is 0.590. The number of carbonyl (C=O) groups is 1. The lowest BCUT2D eigenvalue weighted by atomic mass is 10.0. The van der Waals surface area contributed by atoms with Crippen molar-refractivity contribution in [1.29, 1.82) is 0 Å². The van der Waals surface area contributed by atoms with Gasteiger partial charge in [-0.3, -0.25) is 0 Å². The first-order valence-electron chi connectivity index (χ1n) is 3.88. The van der Waals surface area contributed by atoms with Gasteiger partial charge in [-0.1, -0.05) is 0 Å². The number of allylic oxidation sites excluding steroid dienone is 1. The lowest BCUT2D eigenvalue weighted by molar-refractivity contribution is -0.174.